The molecule has 0 saturated carbocycles. The number of alkyl halides is 3. The van der Waals surface area contributed by atoms with Gasteiger partial charge in [0.25, 0.3) is 11.8 Å². The van der Waals surface area contributed by atoms with E-state index in [1.807, 2.05) is 12.1 Å². The van der Waals surface area contributed by atoms with Crippen LogP contribution in [0.3, 0.4) is 0 Å². The first-order valence-corrected chi connectivity index (χ1v) is 12.7. The standard InChI is InChI=1S/C16H16N2O3.C12H10N2O3.C2HF3O2/c17-10-12-5-4-6-13(9-12)16(21)18(11-15(19)20)14-7-2-1-3-8-14;1-7(15)17-10-4-2-3-8-5-6-9(12(13)16)14-11(8)10;3-2(4,5)1(6)7/h1-9H,10-11,17H2,(H,19,20);2-6H,1H3,(H2,13,16);(H,6,7). The quantitative estimate of drug-likeness (QED) is 0.172. The third kappa shape index (κ3) is 11.1. The summed E-state index contributed by atoms with van der Waals surface area (Å²) >= 11 is 0. The van der Waals surface area contributed by atoms with Crippen LogP contribution in [0.2, 0.25) is 0 Å². The number of hydrogen-bond acceptors (Lipinski definition) is 8. The van der Waals surface area contributed by atoms with Crippen LogP contribution in [0.25, 0.3) is 10.9 Å². The van der Waals surface area contributed by atoms with Gasteiger partial charge < -0.3 is 26.4 Å². The largest absolute Gasteiger partial charge is 0.490 e. The highest BCUT2D eigenvalue weighted by Gasteiger charge is 2.38. The summed E-state index contributed by atoms with van der Waals surface area (Å²) < 4.78 is 36.7. The van der Waals surface area contributed by atoms with Crippen molar-refractivity contribution in [3.8, 4) is 5.75 Å². The minimum atomic E-state index is -5.08. The highest BCUT2D eigenvalue weighted by atomic mass is 19.4. The molecule has 0 aliphatic carbocycles. The van der Waals surface area contributed by atoms with Gasteiger partial charge in [0.2, 0.25) is 0 Å². The van der Waals surface area contributed by atoms with Crippen LogP contribution < -0.4 is 21.1 Å². The van der Waals surface area contributed by atoms with E-state index in [9.17, 15) is 32.3 Å². The third-order valence-corrected chi connectivity index (χ3v) is 5.45. The second kappa shape index (κ2) is 16.1. The molecule has 12 nitrogen and oxygen atoms in total. The number of carboxylic acid groups (broad SMARTS) is 2. The lowest BCUT2D eigenvalue weighted by Crippen LogP contribution is -2.35. The summed E-state index contributed by atoms with van der Waals surface area (Å²) in [7, 11) is 0. The van der Waals surface area contributed by atoms with E-state index in [0.717, 1.165) is 10.9 Å². The number of anilines is 1. The summed E-state index contributed by atoms with van der Waals surface area (Å²) in [4.78, 5) is 59.8. The smallest absolute Gasteiger partial charge is 0.480 e. The number of aromatic nitrogens is 1. The van der Waals surface area contributed by atoms with Crippen molar-refractivity contribution >= 4 is 46.3 Å². The van der Waals surface area contributed by atoms with E-state index in [1.54, 1.807) is 66.7 Å². The number of hydrogen-bond donors (Lipinski definition) is 4. The number of ether oxygens (including phenoxy) is 1. The number of amides is 2. The van der Waals surface area contributed by atoms with Crippen molar-refractivity contribution < 1.29 is 52.1 Å². The molecule has 0 fully saturated rings. The Morgan fingerprint density at radius 1 is 0.889 bits per heavy atom. The number of rotatable bonds is 7. The van der Waals surface area contributed by atoms with Gasteiger partial charge in [-0.3, -0.25) is 24.1 Å². The number of fused-ring (bicyclic) bond motifs is 1. The van der Waals surface area contributed by atoms with Crippen LogP contribution in [0.5, 0.6) is 5.75 Å². The van der Waals surface area contributed by atoms with Gasteiger partial charge in [0.1, 0.15) is 17.8 Å². The summed E-state index contributed by atoms with van der Waals surface area (Å²) in [5.41, 5.74) is 13.1. The maximum atomic E-state index is 12.6. The summed E-state index contributed by atoms with van der Waals surface area (Å²) in [5.74, 6) is -4.93. The SMILES string of the molecule is CC(=O)Oc1cccc2ccc(C(N)=O)nc12.NCc1cccc(C(=O)N(CC(=O)O)c2ccccc2)c1.O=C(O)C(F)(F)F. The van der Waals surface area contributed by atoms with Gasteiger partial charge in [0, 0.05) is 30.1 Å². The van der Waals surface area contributed by atoms with Crippen LogP contribution in [-0.4, -0.2) is 57.6 Å². The summed E-state index contributed by atoms with van der Waals surface area (Å²) in [6, 6.07) is 24.0. The molecule has 3 aromatic carbocycles. The first-order valence-electron chi connectivity index (χ1n) is 12.7. The number of pyridine rings is 1. The van der Waals surface area contributed by atoms with Crippen LogP contribution in [0.15, 0.2) is 84.9 Å². The molecule has 1 aromatic heterocycles. The molecule has 0 aliphatic rings. The Bertz CT molecular complexity index is 1680. The fourth-order valence-corrected chi connectivity index (χ4v) is 3.51. The zero-order chi connectivity index (χ0) is 33.7. The van der Waals surface area contributed by atoms with Crippen molar-refractivity contribution in [3.05, 3.63) is 102 Å². The lowest BCUT2D eigenvalue weighted by molar-refractivity contribution is -0.192. The van der Waals surface area contributed by atoms with Crippen LogP contribution in [0.4, 0.5) is 18.9 Å². The van der Waals surface area contributed by atoms with E-state index in [1.165, 1.54) is 17.9 Å². The molecular weight excluding hydrogens is 601 g/mol. The molecular formula is C30H27F3N4O8. The Morgan fingerprint density at radius 3 is 2.04 bits per heavy atom. The van der Waals surface area contributed by atoms with Gasteiger partial charge in [-0.25, -0.2) is 9.78 Å². The number of nitrogens with two attached hydrogens (primary N) is 2. The van der Waals surface area contributed by atoms with Crippen molar-refractivity contribution in [1.82, 2.24) is 4.98 Å². The zero-order valence-electron chi connectivity index (χ0n) is 23.5. The summed E-state index contributed by atoms with van der Waals surface area (Å²) in [6.45, 7) is 1.23. The lowest BCUT2D eigenvalue weighted by Gasteiger charge is -2.21. The molecule has 6 N–H and O–H groups in total. The van der Waals surface area contributed by atoms with Crippen molar-refractivity contribution in [1.29, 1.82) is 0 Å². The van der Waals surface area contributed by atoms with Crippen LogP contribution in [0.1, 0.15) is 33.3 Å². The molecule has 0 unspecified atom stereocenters. The minimum Gasteiger partial charge on any atom is -0.480 e. The van der Waals surface area contributed by atoms with E-state index in [0.29, 0.717) is 29.1 Å². The average Bonchev–Trinajstić information content (AvgIpc) is 2.99. The average molecular weight is 629 g/mol. The minimum absolute atomic E-state index is 0.136. The van der Waals surface area contributed by atoms with Crippen molar-refractivity contribution in [2.24, 2.45) is 11.5 Å². The summed E-state index contributed by atoms with van der Waals surface area (Å²) in [5, 5.41) is 16.9. The van der Waals surface area contributed by atoms with Crippen LogP contribution in [0, 0.1) is 0 Å². The Labute approximate surface area is 253 Å². The van der Waals surface area contributed by atoms with Gasteiger partial charge >= 0.3 is 24.1 Å². The number of nitrogens with zero attached hydrogens (tertiary/aromatic N) is 2. The molecule has 0 bridgehead atoms. The van der Waals surface area contributed by atoms with E-state index >= 15 is 0 Å². The predicted molar refractivity (Wildman–Crippen MR) is 155 cm³/mol. The second-order valence-electron chi connectivity index (χ2n) is 8.81. The molecule has 45 heavy (non-hydrogen) atoms. The normalized spacial score (nSPS) is 10.3. The number of aliphatic carboxylic acids is 2. The van der Waals surface area contributed by atoms with Crippen LogP contribution >= 0.6 is 0 Å². The fourth-order valence-electron chi connectivity index (χ4n) is 3.51. The number of primary amides is 1. The van der Waals surface area contributed by atoms with E-state index in [4.69, 9.17) is 31.2 Å². The predicted octanol–water partition coefficient (Wildman–Crippen LogP) is 3.77. The van der Waals surface area contributed by atoms with Crippen molar-refractivity contribution in [3.63, 3.8) is 0 Å². The highest BCUT2D eigenvalue weighted by Crippen LogP contribution is 2.24. The maximum Gasteiger partial charge on any atom is 0.490 e. The number of halogens is 3. The first-order chi connectivity index (χ1) is 21.1. The number of para-hydroxylation sites is 2. The van der Waals surface area contributed by atoms with E-state index in [-0.39, 0.29) is 11.6 Å². The van der Waals surface area contributed by atoms with Crippen molar-refractivity contribution in [2.45, 2.75) is 19.6 Å². The number of carboxylic acids is 2. The molecule has 0 spiro atoms. The lowest BCUT2D eigenvalue weighted by atomic mass is 10.1. The second-order valence-corrected chi connectivity index (χ2v) is 8.81. The van der Waals surface area contributed by atoms with Gasteiger partial charge in [-0.15, -0.1) is 0 Å². The molecule has 15 heteroatoms. The molecule has 236 valence electrons. The number of carbonyl (C=O) groups is 5. The summed E-state index contributed by atoms with van der Waals surface area (Å²) in [6.07, 6.45) is -5.08. The Balaban J connectivity index is 0.000000263. The third-order valence-electron chi connectivity index (χ3n) is 5.45. The maximum absolute atomic E-state index is 12.6. The van der Waals surface area contributed by atoms with Gasteiger partial charge in [-0.1, -0.05) is 48.5 Å². The number of esters is 1. The van der Waals surface area contributed by atoms with E-state index in [2.05, 4.69) is 4.98 Å². The van der Waals surface area contributed by atoms with Gasteiger partial charge in [0.05, 0.1) is 0 Å². The van der Waals surface area contributed by atoms with Gasteiger partial charge in [0.15, 0.2) is 5.75 Å². The fraction of sp³-hybridized carbons (Fsp3) is 0.133. The molecule has 0 radical (unpaired) electrons. The van der Waals surface area contributed by atoms with E-state index < -0.39 is 36.5 Å². The molecule has 0 saturated heterocycles. The molecule has 4 rings (SSSR count). The first kappa shape index (κ1) is 35.4. The highest BCUT2D eigenvalue weighted by molar-refractivity contribution is 6.08. The Morgan fingerprint density at radius 2 is 1.51 bits per heavy atom. The molecule has 1 heterocycles. The number of carbonyl (C=O) groups excluding carboxylic acids is 3. The Hall–Kier alpha value is -5.83. The zero-order valence-corrected chi connectivity index (χ0v) is 23.5. The van der Waals surface area contributed by atoms with Gasteiger partial charge in [-0.2, -0.15) is 13.2 Å². The Kier molecular flexibility index (Phi) is 12.7. The van der Waals surface area contributed by atoms with Crippen molar-refractivity contribution in [2.75, 3.05) is 11.4 Å². The molecule has 0 atom stereocenters. The monoisotopic (exact) mass is 628 g/mol. The number of benzene rings is 3. The van der Waals surface area contributed by atoms with Gasteiger partial charge in [-0.05, 0) is 42.0 Å². The molecule has 4 aromatic rings. The van der Waals surface area contributed by atoms with Crippen LogP contribution in [-0.2, 0) is 20.9 Å². The molecule has 0 aliphatic heterocycles. The topological polar surface area (TPSA) is 203 Å². The molecule has 2 amide bonds.